The van der Waals surface area contributed by atoms with Crippen molar-refractivity contribution in [2.45, 2.75) is 0 Å². The standard InChI is InChI=1S/C18H22N6O3/c1-22(2)14-10-17(21-19-11-14)23-5-7-24(8-6-23)18(25)20-13-3-4-15-16(9-13)27-12-26-15/h3-4,9-11H,5-8,12H2,1-2H3,(H,20,25). The number of fused-ring (bicyclic) bond motifs is 1. The third-order valence-electron chi connectivity index (χ3n) is 4.66. The van der Waals surface area contributed by atoms with Crippen LogP contribution in [-0.4, -0.2) is 68.2 Å². The summed E-state index contributed by atoms with van der Waals surface area (Å²) in [5, 5.41) is 11.2. The van der Waals surface area contributed by atoms with E-state index >= 15 is 0 Å². The Balaban J connectivity index is 1.35. The Bertz CT molecular complexity index is 836. The molecule has 27 heavy (non-hydrogen) atoms. The average Bonchev–Trinajstić information content (AvgIpc) is 3.16. The first kappa shape index (κ1) is 17.2. The normalized spacial score (nSPS) is 15.6. The molecule has 1 fully saturated rings. The summed E-state index contributed by atoms with van der Waals surface area (Å²) in [6.07, 6.45) is 1.73. The summed E-state index contributed by atoms with van der Waals surface area (Å²) in [5.74, 6) is 2.18. The quantitative estimate of drug-likeness (QED) is 0.879. The van der Waals surface area contributed by atoms with Gasteiger partial charge in [-0.2, -0.15) is 5.10 Å². The van der Waals surface area contributed by atoms with E-state index in [1.54, 1.807) is 23.2 Å². The van der Waals surface area contributed by atoms with E-state index in [0.717, 1.165) is 11.5 Å². The van der Waals surface area contributed by atoms with Gasteiger partial charge in [0.2, 0.25) is 6.79 Å². The SMILES string of the molecule is CN(C)c1cnnc(N2CCN(C(=O)Nc3ccc4c(c3)OCO4)CC2)c1. The molecule has 0 radical (unpaired) electrons. The summed E-state index contributed by atoms with van der Waals surface area (Å²) in [4.78, 5) is 18.5. The van der Waals surface area contributed by atoms with Crippen LogP contribution in [0.1, 0.15) is 0 Å². The Morgan fingerprint density at radius 1 is 1.11 bits per heavy atom. The number of carbonyl (C=O) groups is 1. The molecule has 2 aliphatic rings. The van der Waals surface area contributed by atoms with E-state index in [0.29, 0.717) is 43.4 Å². The number of urea groups is 1. The number of hydrogen-bond acceptors (Lipinski definition) is 7. The maximum absolute atomic E-state index is 12.5. The number of anilines is 3. The van der Waals surface area contributed by atoms with Crippen LogP contribution in [0.5, 0.6) is 11.5 Å². The van der Waals surface area contributed by atoms with Crippen molar-refractivity contribution in [2.24, 2.45) is 0 Å². The molecule has 2 aromatic rings. The number of ether oxygens (including phenoxy) is 2. The first-order valence-corrected chi connectivity index (χ1v) is 8.81. The van der Waals surface area contributed by atoms with Crippen LogP contribution in [0.25, 0.3) is 0 Å². The molecule has 1 aromatic heterocycles. The number of benzene rings is 1. The van der Waals surface area contributed by atoms with Crippen molar-refractivity contribution < 1.29 is 14.3 Å². The van der Waals surface area contributed by atoms with Crippen molar-refractivity contribution in [3.05, 3.63) is 30.5 Å². The van der Waals surface area contributed by atoms with E-state index in [2.05, 4.69) is 20.4 Å². The minimum atomic E-state index is -0.123. The molecule has 1 saturated heterocycles. The van der Waals surface area contributed by atoms with Crippen molar-refractivity contribution >= 4 is 23.2 Å². The number of hydrogen-bond donors (Lipinski definition) is 1. The zero-order chi connectivity index (χ0) is 18.8. The van der Waals surface area contributed by atoms with Gasteiger partial charge >= 0.3 is 6.03 Å². The van der Waals surface area contributed by atoms with Gasteiger partial charge in [-0.3, -0.25) is 0 Å². The molecule has 142 valence electrons. The first-order chi connectivity index (χ1) is 13.1. The van der Waals surface area contributed by atoms with Gasteiger partial charge in [-0.25, -0.2) is 4.79 Å². The molecule has 0 bridgehead atoms. The smallest absolute Gasteiger partial charge is 0.321 e. The van der Waals surface area contributed by atoms with Crippen LogP contribution in [0.3, 0.4) is 0 Å². The van der Waals surface area contributed by atoms with Crippen molar-refractivity contribution in [3.8, 4) is 11.5 Å². The molecule has 0 spiro atoms. The van der Waals surface area contributed by atoms with Gasteiger partial charge in [-0.1, -0.05) is 0 Å². The minimum Gasteiger partial charge on any atom is -0.454 e. The van der Waals surface area contributed by atoms with Gasteiger partial charge in [-0.15, -0.1) is 5.10 Å². The zero-order valence-corrected chi connectivity index (χ0v) is 15.4. The van der Waals surface area contributed by atoms with Crippen LogP contribution in [0, 0.1) is 0 Å². The highest BCUT2D eigenvalue weighted by Gasteiger charge is 2.23. The highest BCUT2D eigenvalue weighted by atomic mass is 16.7. The van der Waals surface area contributed by atoms with E-state index in [1.807, 2.05) is 31.1 Å². The number of amides is 2. The molecule has 0 aliphatic carbocycles. The van der Waals surface area contributed by atoms with Crippen molar-refractivity contribution in [2.75, 3.05) is 62.2 Å². The monoisotopic (exact) mass is 370 g/mol. The largest absolute Gasteiger partial charge is 0.454 e. The maximum Gasteiger partial charge on any atom is 0.321 e. The lowest BCUT2D eigenvalue weighted by Gasteiger charge is -2.35. The van der Waals surface area contributed by atoms with Gasteiger partial charge in [0.25, 0.3) is 0 Å². The zero-order valence-electron chi connectivity index (χ0n) is 15.4. The molecule has 2 amide bonds. The summed E-state index contributed by atoms with van der Waals surface area (Å²) in [5.41, 5.74) is 1.69. The Hall–Kier alpha value is -3.23. The molecule has 9 nitrogen and oxygen atoms in total. The van der Waals surface area contributed by atoms with Gasteiger partial charge in [-0.05, 0) is 12.1 Å². The van der Waals surface area contributed by atoms with Crippen LogP contribution in [0.15, 0.2) is 30.5 Å². The summed E-state index contributed by atoms with van der Waals surface area (Å²) >= 11 is 0. The van der Waals surface area contributed by atoms with Gasteiger partial charge in [0.15, 0.2) is 17.3 Å². The molecule has 2 aliphatic heterocycles. The number of rotatable bonds is 3. The molecule has 0 atom stereocenters. The third-order valence-corrected chi connectivity index (χ3v) is 4.66. The minimum absolute atomic E-state index is 0.123. The van der Waals surface area contributed by atoms with Crippen molar-refractivity contribution in [1.82, 2.24) is 15.1 Å². The summed E-state index contributed by atoms with van der Waals surface area (Å²) in [6.45, 7) is 2.86. The molecular formula is C18H22N6O3. The molecular weight excluding hydrogens is 348 g/mol. The van der Waals surface area contributed by atoms with Crippen LogP contribution >= 0.6 is 0 Å². The van der Waals surface area contributed by atoms with Gasteiger partial charge < -0.3 is 29.5 Å². The fourth-order valence-electron chi connectivity index (χ4n) is 3.06. The Labute approximate surface area is 157 Å². The number of piperazine rings is 1. The van der Waals surface area contributed by atoms with Gasteiger partial charge in [0, 0.05) is 58.1 Å². The van der Waals surface area contributed by atoms with E-state index in [-0.39, 0.29) is 12.8 Å². The van der Waals surface area contributed by atoms with E-state index in [9.17, 15) is 4.79 Å². The number of nitrogens with one attached hydrogen (secondary N) is 1. The number of aromatic nitrogens is 2. The third kappa shape index (κ3) is 3.67. The lowest BCUT2D eigenvalue weighted by Crippen LogP contribution is -2.50. The van der Waals surface area contributed by atoms with Crippen LogP contribution in [0.2, 0.25) is 0 Å². The average molecular weight is 370 g/mol. The predicted molar refractivity (Wildman–Crippen MR) is 102 cm³/mol. The second kappa shape index (κ2) is 7.18. The molecule has 9 heteroatoms. The van der Waals surface area contributed by atoms with Crippen molar-refractivity contribution in [3.63, 3.8) is 0 Å². The fourth-order valence-corrected chi connectivity index (χ4v) is 3.06. The maximum atomic E-state index is 12.5. The van der Waals surface area contributed by atoms with Crippen LogP contribution < -0.4 is 24.6 Å². The Morgan fingerprint density at radius 2 is 1.89 bits per heavy atom. The van der Waals surface area contributed by atoms with Gasteiger partial charge in [0.1, 0.15) is 0 Å². The summed E-state index contributed by atoms with van der Waals surface area (Å²) < 4.78 is 10.6. The van der Waals surface area contributed by atoms with Crippen LogP contribution in [0.4, 0.5) is 22.0 Å². The second-order valence-corrected chi connectivity index (χ2v) is 6.64. The summed E-state index contributed by atoms with van der Waals surface area (Å²) in [7, 11) is 3.94. The van der Waals surface area contributed by atoms with Crippen molar-refractivity contribution in [1.29, 1.82) is 0 Å². The molecule has 0 saturated carbocycles. The topological polar surface area (TPSA) is 83.1 Å². The van der Waals surface area contributed by atoms with E-state index in [1.165, 1.54) is 0 Å². The highest BCUT2D eigenvalue weighted by Crippen LogP contribution is 2.34. The lowest BCUT2D eigenvalue weighted by atomic mass is 10.2. The van der Waals surface area contributed by atoms with Crippen LogP contribution in [-0.2, 0) is 0 Å². The number of carbonyl (C=O) groups excluding carboxylic acids is 1. The fraction of sp³-hybridized carbons (Fsp3) is 0.389. The Morgan fingerprint density at radius 3 is 2.67 bits per heavy atom. The number of nitrogens with zero attached hydrogens (tertiary/aromatic N) is 5. The summed E-state index contributed by atoms with van der Waals surface area (Å²) in [6, 6.07) is 7.27. The van der Waals surface area contributed by atoms with Gasteiger partial charge in [0.05, 0.1) is 11.9 Å². The highest BCUT2D eigenvalue weighted by molar-refractivity contribution is 5.90. The lowest BCUT2D eigenvalue weighted by molar-refractivity contribution is 0.174. The Kier molecular flexibility index (Phi) is 4.57. The molecule has 1 N–H and O–H groups in total. The van der Waals surface area contributed by atoms with E-state index in [4.69, 9.17) is 9.47 Å². The molecule has 3 heterocycles. The predicted octanol–water partition coefficient (Wildman–Crippen LogP) is 1.63. The molecule has 4 rings (SSSR count). The van der Waals surface area contributed by atoms with E-state index < -0.39 is 0 Å². The first-order valence-electron chi connectivity index (χ1n) is 8.81. The molecule has 1 aromatic carbocycles. The molecule has 0 unspecified atom stereocenters. The second-order valence-electron chi connectivity index (χ2n) is 6.64.